The van der Waals surface area contributed by atoms with E-state index < -0.39 is 0 Å². The molecule has 0 bridgehead atoms. The van der Waals surface area contributed by atoms with Crippen LogP contribution in [0, 0.1) is 0 Å². The molecular weight excluding hydrogens is 236 g/mol. The number of hydrogen-bond acceptors (Lipinski definition) is 3. The fourth-order valence-corrected chi connectivity index (χ4v) is 1.95. The number of nitrogens with zero attached hydrogens (tertiary/aromatic N) is 1. The summed E-state index contributed by atoms with van der Waals surface area (Å²) in [6.45, 7) is 9.92. The van der Waals surface area contributed by atoms with E-state index in [9.17, 15) is 0 Å². The fraction of sp³-hybridized carbons (Fsp3) is 0.438. The molecule has 0 aliphatic heterocycles. The number of ether oxygens (including phenoxy) is 1. The fourth-order valence-electron chi connectivity index (χ4n) is 1.95. The lowest BCUT2D eigenvalue weighted by Gasteiger charge is -2.21. The second kappa shape index (κ2) is 5.57. The number of hydrogen-bond donors (Lipinski definition) is 1. The molecule has 0 spiro atoms. The SMILES string of the molecule is CCOc1cc(CNC(C)(C)C)c2ccccc2n1. The van der Waals surface area contributed by atoms with Gasteiger partial charge in [-0.25, -0.2) is 4.98 Å². The molecule has 0 saturated carbocycles. The molecule has 0 saturated heterocycles. The molecule has 1 heterocycles. The molecule has 0 aliphatic carbocycles. The highest BCUT2D eigenvalue weighted by Gasteiger charge is 2.11. The number of rotatable bonds is 4. The number of fused-ring (bicyclic) bond motifs is 1. The maximum atomic E-state index is 5.55. The van der Waals surface area contributed by atoms with E-state index in [1.165, 1.54) is 10.9 Å². The molecule has 102 valence electrons. The summed E-state index contributed by atoms with van der Waals surface area (Å²) >= 11 is 0. The molecular formula is C16H22N2O. The summed E-state index contributed by atoms with van der Waals surface area (Å²) in [4.78, 5) is 4.52. The van der Waals surface area contributed by atoms with Crippen LogP contribution in [-0.4, -0.2) is 17.1 Å². The van der Waals surface area contributed by atoms with E-state index in [1.807, 2.05) is 31.2 Å². The lowest BCUT2D eigenvalue weighted by Crippen LogP contribution is -2.35. The first-order valence-corrected chi connectivity index (χ1v) is 6.76. The van der Waals surface area contributed by atoms with Gasteiger partial charge in [0.05, 0.1) is 12.1 Å². The summed E-state index contributed by atoms with van der Waals surface area (Å²) in [5, 5.41) is 4.70. The van der Waals surface area contributed by atoms with Gasteiger partial charge in [-0.3, -0.25) is 0 Å². The van der Waals surface area contributed by atoms with Crippen LogP contribution in [-0.2, 0) is 6.54 Å². The maximum absolute atomic E-state index is 5.55. The van der Waals surface area contributed by atoms with E-state index in [1.54, 1.807) is 0 Å². The van der Waals surface area contributed by atoms with Crippen molar-refractivity contribution in [2.45, 2.75) is 39.8 Å². The maximum Gasteiger partial charge on any atom is 0.214 e. The Labute approximate surface area is 115 Å². The van der Waals surface area contributed by atoms with Crippen LogP contribution in [0.5, 0.6) is 5.88 Å². The molecule has 3 heteroatoms. The van der Waals surface area contributed by atoms with Crippen LogP contribution in [0.15, 0.2) is 30.3 Å². The molecule has 1 aromatic carbocycles. The van der Waals surface area contributed by atoms with Crippen molar-refractivity contribution in [3.8, 4) is 5.88 Å². The molecule has 2 rings (SSSR count). The average molecular weight is 258 g/mol. The van der Waals surface area contributed by atoms with Crippen molar-refractivity contribution in [1.82, 2.24) is 10.3 Å². The van der Waals surface area contributed by atoms with E-state index in [4.69, 9.17) is 4.74 Å². The van der Waals surface area contributed by atoms with Gasteiger partial charge in [0.2, 0.25) is 5.88 Å². The summed E-state index contributed by atoms with van der Waals surface area (Å²) in [5.41, 5.74) is 2.30. The van der Waals surface area contributed by atoms with Crippen LogP contribution >= 0.6 is 0 Å². The number of para-hydroxylation sites is 1. The molecule has 0 unspecified atom stereocenters. The van der Waals surface area contributed by atoms with Crippen LogP contribution in [0.25, 0.3) is 10.9 Å². The standard InChI is InChI=1S/C16H22N2O/c1-5-19-15-10-12(11-17-16(2,3)4)13-8-6-7-9-14(13)18-15/h6-10,17H,5,11H2,1-4H3. The molecule has 1 N–H and O–H groups in total. The van der Waals surface area contributed by atoms with Gasteiger partial charge in [-0.05, 0) is 39.3 Å². The zero-order valence-corrected chi connectivity index (χ0v) is 12.2. The molecule has 0 fully saturated rings. The minimum atomic E-state index is 0.0934. The third kappa shape index (κ3) is 3.67. The van der Waals surface area contributed by atoms with Crippen LogP contribution in [0.4, 0.5) is 0 Å². The summed E-state index contributed by atoms with van der Waals surface area (Å²) in [6, 6.07) is 10.2. The predicted octanol–water partition coefficient (Wildman–Crippen LogP) is 3.52. The van der Waals surface area contributed by atoms with Gasteiger partial charge in [0.1, 0.15) is 0 Å². The van der Waals surface area contributed by atoms with Crippen molar-refractivity contribution >= 4 is 10.9 Å². The average Bonchev–Trinajstić information content (AvgIpc) is 2.35. The highest BCUT2D eigenvalue weighted by molar-refractivity contribution is 5.82. The zero-order valence-electron chi connectivity index (χ0n) is 12.2. The van der Waals surface area contributed by atoms with Gasteiger partial charge in [-0.1, -0.05) is 18.2 Å². The van der Waals surface area contributed by atoms with Gasteiger partial charge in [-0.15, -0.1) is 0 Å². The van der Waals surface area contributed by atoms with Gasteiger partial charge >= 0.3 is 0 Å². The Morgan fingerprint density at radius 3 is 2.63 bits per heavy atom. The number of benzene rings is 1. The van der Waals surface area contributed by atoms with Crippen LogP contribution < -0.4 is 10.1 Å². The topological polar surface area (TPSA) is 34.1 Å². The second-order valence-electron chi connectivity index (χ2n) is 5.67. The lowest BCUT2D eigenvalue weighted by atomic mass is 10.1. The Kier molecular flexibility index (Phi) is 4.05. The normalized spacial score (nSPS) is 11.8. The van der Waals surface area contributed by atoms with Gasteiger partial charge in [0.25, 0.3) is 0 Å². The second-order valence-corrected chi connectivity index (χ2v) is 5.67. The molecule has 0 aliphatic rings. The molecule has 1 aromatic heterocycles. The molecule has 2 aromatic rings. The number of nitrogens with one attached hydrogen (secondary N) is 1. The Bertz CT molecular complexity index is 558. The first-order valence-electron chi connectivity index (χ1n) is 6.76. The Morgan fingerprint density at radius 1 is 1.21 bits per heavy atom. The van der Waals surface area contributed by atoms with E-state index >= 15 is 0 Å². The summed E-state index contributed by atoms with van der Waals surface area (Å²) in [5.74, 6) is 0.701. The van der Waals surface area contributed by atoms with E-state index in [0.29, 0.717) is 12.5 Å². The number of aromatic nitrogens is 1. The van der Waals surface area contributed by atoms with Crippen molar-refractivity contribution in [3.05, 3.63) is 35.9 Å². The Balaban J connectivity index is 2.38. The van der Waals surface area contributed by atoms with Crippen molar-refractivity contribution in [2.24, 2.45) is 0 Å². The zero-order chi connectivity index (χ0) is 13.9. The smallest absolute Gasteiger partial charge is 0.214 e. The molecule has 3 nitrogen and oxygen atoms in total. The van der Waals surface area contributed by atoms with Gasteiger partial charge in [0, 0.05) is 23.5 Å². The highest BCUT2D eigenvalue weighted by Crippen LogP contribution is 2.22. The number of pyridine rings is 1. The van der Waals surface area contributed by atoms with E-state index in [2.05, 4.69) is 37.1 Å². The molecule has 0 amide bonds. The third-order valence-electron chi connectivity index (χ3n) is 2.88. The van der Waals surface area contributed by atoms with Crippen LogP contribution in [0.2, 0.25) is 0 Å². The van der Waals surface area contributed by atoms with Gasteiger partial charge in [-0.2, -0.15) is 0 Å². The largest absolute Gasteiger partial charge is 0.478 e. The Hall–Kier alpha value is -1.61. The van der Waals surface area contributed by atoms with Gasteiger partial charge in [0.15, 0.2) is 0 Å². The minimum Gasteiger partial charge on any atom is -0.478 e. The predicted molar refractivity (Wildman–Crippen MR) is 79.5 cm³/mol. The molecule has 0 atom stereocenters. The van der Waals surface area contributed by atoms with E-state index in [-0.39, 0.29) is 5.54 Å². The van der Waals surface area contributed by atoms with Crippen LogP contribution in [0.1, 0.15) is 33.3 Å². The first kappa shape index (κ1) is 13.8. The van der Waals surface area contributed by atoms with Crippen molar-refractivity contribution in [1.29, 1.82) is 0 Å². The van der Waals surface area contributed by atoms with Crippen molar-refractivity contribution in [3.63, 3.8) is 0 Å². The monoisotopic (exact) mass is 258 g/mol. The van der Waals surface area contributed by atoms with Gasteiger partial charge < -0.3 is 10.1 Å². The molecule has 0 radical (unpaired) electrons. The summed E-state index contributed by atoms with van der Waals surface area (Å²) in [6.07, 6.45) is 0. The van der Waals surface area contributed by atoms with Crippen LogP contribution in [0.3, 0.4) is 0 Å². The lowest BCUT2D eigenvalue weighted by molar-refractivity contribution is 0.327. The first-order chi connectivity index (χ1) is 8.99. The quantitative estimate of drug-likeness (QED) is 0.911. The summed E-state index contributed by atoms with van der Waals surface area (Å²) < 4.78 is 5.55. The Morgan fingerprint density at radius 2 is 1.95 bits per heavy atom. The highest BCUT2D eigenvalue weighted by atomic mass is 16.5. The summed E-state index contributed by atoms with van der Waals surface area (Å²) in [7, 11) is 0. The third-order valence-corrected chi connectivity index (χ3v) is 2.88. The molecule has 19 heavy (non-hydrogen) atoms. The van der Waals surface area contributed by atoms with E-state index in [0.717, 1.165) is 12.1 Å². The minimum absolute atomic E-state index is 0.0934. The van der Waals surface area contributed by atoms with Crippen molar-refractivity contribution < 1.29 is 4.74 Å². The van der Waals surface area contributed by atoms with Crippen molar-refractivity contribution in [2.75, 3.05) is 6.61 Å².